The summed E-state index contributed by atoms with van der Waals surface area (Å²) in [5.41, 5.74) is 10.0. The summed E-state index contributed by atoms with van der Waals surface area (Å²) in [7, 11) is 0. The molecule has 19 heavy (non-hydrogen) atoms. The molecule has 0 fully saturated rings. The number of hydrogen-bond donors (Lipinski definition) is 1. The molecule has 1 unspecified atom stereocenters. The van der Waals surface area contributed by atoms with Gasteiger partial charge in [-0.25, -0.2) is 0 Å². The van der Waals surface area contributed by atoms with Gasteiger partial charge in [0.2, 0.25) is 0 Å². The van der Waals surface area contributed by atoms with Gasteiger partial charge in [-0.3, -0.25) is 4.68 Å². The first kappa shape index (κ1) is 16.2. The van der Waals surface area contributed by atoms with Crippen molar-refractivity contribution >= 4 is 0 Å². The zero-order valence-electron chi connectivity index (χ0n) is 13.4. The van der Waals surface area contributed by atoms with Gasteiger partial charge in [0.15, 0.2) is 0 Å². The Morgan fingerprint density at radius 2 is 1.84 bits per heavy atom. The number of aryl methyl sites for hydroxylation is 2. The molecular weight excluding hydrogens is 234 g/mol. The number of hydrogen-bond acceptors (Lipinski definition) is 2. The average Bonchev–Trinajstić information content (AvgIpc) is 2.65. The van der Waals surface area contributed by atoms with Crippen molar-refractivity contribution in [2.24, 2.45) is 11.7 Å². The van der Waals surface area contributed by atoms with Gasteiger partial charge in [-0.05, 0) is 50.5 Å². The van der Waals surface area contributed by atoms with Gasteiger partial charge >= 0.3 is 0 Å². The normalized spacial score (nSPS) is 13.2. The lowest BCUT2D eigenvalue weighted by molar-refractivity contribution is 0.479. The van der Waals surface area contributed by atoms with Crippen molar-refractivity contribution in [3.05, 3.63) is 17.0 Å². The van der Waals surface area contributed by atoms with Crippen molar-refractivity contribution in [1.82, 2.24) is 9.78 Å². The highest BCUT2D eigenvalue weighted by Gasteiger charge is 2.16. The Kier molecular flexibility index (Phi) is 6.56. The SMILES string of the molecule is CCc1nn(CCCC(C)C)c(CC)c1CC(C)N. The molecule has 0 bridgehead atoms. The van der Waals surface area contributed by atoms with Crippen LogP contribution in [0.5, 0.6) is 0 Å². The zero-order chi connectivity index (χ0) is 14.4. The Bertz CT molecular complexity index is 378. The highest BCUT2D eigenvalue weighted by molar-refractivity contribution is 5.27. The summed E-state index contributed by atoms with van der Waals surface area (Å²) in [6.45, 7) is 12.1. The minimum absolute atomic E-state index is 0.212. The maximum atomic E-state index is 5.98. The largest absolute Gasteiger partial charge is 0.328 e. The second kappa shape index (κ2) is 7.68. The summed E-state index contributed by atoms with van der Waals surface area (Å²) in [6, 6.07) is 0.212. The van der Waals surface area contributed by atoms with Gasteiger partial charge in [0.05, 0.1) is 5.69 Å². The highest BCUT2D eigenvalue weighted by atomic mass is 15.3. The van der Waals surface area contributed by atoms with E-state index >= 15 is 0 Å². The van der Waals surface area contributed by atoms with Crippen LogP contribution in [0.25, 0.3) is 0 Å². The van der Waals surface area contributed by atoms with Crippen LogP contribution >= 0.6 is 0 Å². The van der Waals surface area contributed by atoms with Crippen LogP contribution < -0.4 is 5.73 Å². The smallest absolute Gasteiger partial charge is 0.0657 e. The topological polar surface area (TPSA) is 43.8 Å². The van der Waals surface area contributed by atoms with Gasteiger partial charge in [0.25, 0.3) is 0 Å². The molecule has 0 aromatic carbocycles. The second-order valence-corrected chi connectivity index (χ2v) is 6.02. The highest BCUT2D eigenvalue weighted by Crippen LogP contribution is 2.19. The number of nitrogens with two attached hydrogens (primary N) is 1. The van der Waals surface area contributed by atoms with E-state index in [1.54, 1.807) is 0 Å². The van der Waals surface area contributed by atoms with Crippen molar-refractivity contribution in [3.63, 3.8) is 0 Å². The zero-order valence-corrected chi connectivity index (χ0v) is 13.4. The third-order valence-electron chi connectivity index (χ3n) is 3.60. The van der Waals surface area contributed by atoms with Crippen LogP contribution in [0.3, 0.4) is 0 Å². The first-order valence-corrected chi connectivity index (χ1v) is 7.82. The Labute approximate surface area is 118 Å². The van der Waals surface area contributed by atoms with Crippen LogP contribution in [0.1, 0.15) is 64.4 Å². The summed E-state index contributed by atoms with van der Waals surface area (Å²) in [5.74, 6) is 0.773. The molecule has 1 rings (SSSR count). The molecule has 0 aliphatic heterocycles. The predicted molar refractivity (Wildman–Crippen MR) is 82.4 cm³/mol. The minimum atomic E-state index is 0.212. The lowest BCUT2D eigenvalue weighted by Crippen LogP contribution is -2.19. The van der Waals surface area contributed by atoms with E-state index in [9.17, 15) is 0 Å². The van der Waals surface area contributed by atoms with Crippen molar-refractivity contribution in [1.29, 1.82) is 0 Å². The van der Waals surface area contributed by atoms with Gasteiger partial charge in [0, 0.05) is 18.3 Å². The molecule has 0 saturated heterocycles. The molecule has 0 aliphatic rings. The van der Waals surface area contributed by atoms with Crippen molar-refractivity contribution < 1.29 is 0 Å². The Hall–Kier alpha value is -0.830. The number of aromatic nitrogens is 2. The fourth-order valence-electron chi connectivity index (χ4n) is 2.66. The van der Waals surface area contributed by atoms with Crippen molar-refractivity contribution in [2.45, 2.75) is 79.3 Å². The Morgan fingerprint density at radius 1 is 1.16 bits per heavy atom. The van der Waals surface area contributed by atoms with E-state index in [0.29, 0.717) is 0 Å². The van der Waals surface area contributed by atoms with Crippen molar-refractivity contribution in [2.75, 3.05) is 0 Å². The minimum Gasteiger partial charge on any atom is -0.328 e. The van der Waals surface area contributed by atoms with Crippen LogP contribution in [0.4, 0.5) is 0 Å². The van der Waals surface area contributed by atoms with Crippen LogP contribution in [0.2, 0.25) is 0 Å². The quantitative estimate of drug-likeness (QED) is 0.783. The molecule has 1 heterocycles. The summed E-state index contributed by atoms with van der Waals surface area (Å²) in [5, 5.41) is 4.81. The van der Waals surface area contributed by atoms with Gasteiger partial charge in [-0.15, -0.1) is 0 Å². The molecule has 2 N–H and O–H groups in total. The van der Waals surface area contributed by atoms with Gasteiger partial charge < -0.3 is 5.73 Å². The first-order valence-electron chi connectivity index (χ1n) is 7.82. The molecule has 0 saturated carbocycles. The third kappa shape index (κ3) is 4.64. The van der Waals surface area contributed by atoms with Gasteiger partial charge in [-0.1, -0.05) is 27.7 Å². The molecule has 1 aromatic heterocycles. The van der Waals surface area contributed by atoms with Crippen molar-refractivity contribution in [3.8, 4) is 0 Å². The maximum absolute atomic E-state index is 5.98. The predicted octanol–water partition coefficient (Wildman–Crippen LogP) is 3.33. The molecule has 3 nitrogen and oxygen atoms in total. The van der Waals surface area contributed by atoms with E-state index in [0.717, 1.165) is 31.7 Å². The van der Waals surface area contributed by atoms with E-state index in [1.807, 2.05) is 0 Å². The van der Waals surface area contributed by atoms with Crippen LogP contribution in [-0.2, 0) is 25.8 Å². The second-order valence-electron chi connectivity index (χ2n) is 6.02. The fourth-order valence-corrected chi connectivity index (χ4v) is 2.66. The fraction of sp³-hybridized carbons (Fsp3) is 0.812. The summed E-state index contributed by atoms with van der Waals surface area (Å²) in [6.07, 6.45) is 5.50. The lowest BCUT2D eigenvalue weighted by atomic mass is 10.0. The molecule has 110 valence electrons. The number of rotatable bonds is 8. The van der Waals surface area contributed by atoms with E-state index in [1.165, 1.54) is 29.8 Å². The Balaban J connectivity index is 2.88. The van der Waals surface area contributed by atoms with Crippen LogP contribution in [0.15, 0.2) is 0 Å². The Morgan fingerprint density at radius 3 is 2.32 bits per heavy atom. The summed E-state index contributed by atoms with van der Waals surface area (Å²) < 4.78 is 2.24. The molecule has 0 aliphatic carbocycles. The molecule has 0 spiro atoms. The van der Waals surface area contributed by atoms with Crippen LogP contribution in [0, 0.1) is 5.92 Å². The standard InChI is InChI=1S/C16H31N3/c1-6-15-14(11-13(5)17)16(7-2)19(18-15)10-8-9-12(3)4/h12-13H,6-11,17H2,1-5H3. The molecular formula is C16H31N3. The third-order valence-corrected chi connectivity index (χ3v) is 3.60. The van der Waals surface area contributed by atoms with Gasteiger partial charge in [-0.2, -0.15) is 5.10 Å². The lowest BCUT2D eigenvalue weighted by Gasteiger charge is -2.10. The summed E-state index contributed by atoms with van der Waals surface area (Å²) in [4.78, 5) is 0. The first-order chi connectivity index (χ1) is 8.99. The molecule has 1 atom stereocenters. The van der Waals surface area contributed by atoms with E-state index in [2.05, 4.69) is 39.3 Å². The van der Waals surface area contributed by atoms with E-state index in [4.69, 9.17) is 10.8 Å². The van der Waals surface area contributed by atoms with Gasteiger partial charge in [0.1, 0.15) is 0 Å². The number of nitrogens with zero attached hydrogens (tertiary/aromatic N) is 2. The molecule has 0 amide bonds. The molecule has 3 heteroatoms. The molecule has 1 aromatic rings. The molecule has 0 radical (unpaired) electrons. The van der Waals surface area contributed by atoms with Crippen LogP contribution in [-0.4, -0.2) is 15.8 Å². The maximum Gasteiger partial charge on any atom is 0.0657 e. The van der Waals surface area contributed by atoms with E-state index in [-0.39, 0.29) is 6.04 Å². The average molecular weight is 265 g/mol. The summed E-state index contributed by atoms with van der Waals surface area (Å²) >= 11 is 0. The van der Waals surface area contributed by atoms with E-state index < -0.39 is 0 Å². The monoisotopic (exact) mass is 265 g/mol.